The lowest BCUT2D eigenvalue weighted by atomic mass is 10.1. The van der Waals surface area contributed by atoms with E-state index < -0.39 is 47.0 Å². The van der Waals surface area contributed by atoms with Gasteiger partial charge in [0, 0.05) is 18.7 Å². The van der Waals surface area contributed by atoms with E-state index in [9.17, 15) is 27.6 Å². The van der Waals surface area contributed by atoms with E-state index in [-0.39, 0.29) is 24.8 Å². The van der Waals surface area contributed by atoms with Crippen LogP contribution in [0.4, 0.5) is 13.2 Å². The molecule has 3 rings (SSSR count). The van der Waals surface area contributed by atoms with Crippen LogP contribution in [0.25, 0.3) is 0 Å². The Morgan fingerprint density at radius 2 is 1.92 bits per heavy atom. The van der Waals surface area contributed by atoms with E-state index >= 15 is 0 Å². The summed E-state index contributed by atoms with van der Waals surface area (Å²) in [6.45, 7) is 1.87. The molecule has 1 aromatic rings. The summed E-state index contributed by atoms with van der Waals surface area (Å²) < 4.78 is 39.9. The largest absolute Gasteiger partial charge is 0.347 e. The van der Waals surface area contributed by atoms with Gasteiger partial charge < -0.3 is 15.5 Å². The van der Waals surface area contributed by atoms with Gasteiger partial charge in [-0.3, -0.25) is 14.4 Å². The molecule has 0 radical (unpaired) electrons. The number of halogens is 3. The molecule has 3 amide bonds. The number of nitrogens with one attached hydrogen (secondary N) is 2. The lowest BCUT2D eigenvalue weighted by Gasteiger charge is -2.33. The van der Waals surface area contributed by atoms with Crippen LogP contribution in [-0.4, -0.2) is 47.3 Å². The average Bonchev–Trinajstić information content (AvgIpc) is 2.98. The molecule has 6 nitrogen and oxygen atoms in total. The van der Waals surface area contributed by atoms with Gasteiger partial charge in [-0.25, -0.2) is 13.2 Å². The molecular weight excluding hydrogens is 339 g/mol. The van der Waals surface area contributed by atoms with Crippen LogP contribution in [0.5, 0.6) is 0 Å². The minimum Gasteiger partial charge on any atom is -0.347 e. The summed E-state index contributed by atoms with van der Waals surface area (Å²) in [5, 5.41) is 5.09. The maximum atomic E-state index is 13.7. The number of carbonyl (C=O) groups is 3. The fourth-order valence-corrected chi connectivity index (χ4v) is 3.20. The highest BCUT2D eigenvalue weighted by atomic mass is 19.2. The molecule has 0 aromatic heterocycles. The number of hydrogen-bond donors (Lipinski definition) is 2. The fraction of sp³-hybridized carbons (Fsp3) is 0.438. The Morgan fingerprint density at radius 3 is 2.60 bits per heavy atom. The Bertz CT molecular complexity index is 756. The van der Waals surface area contributed by atoms with Crippen LogP contribution in [0.15, 0.2) is 12.1 Å². The molecule has 2 fully saturated rings. The number of hydrogen-bond acceptors (Lipinski definition) is 3. The molecule has 0 bridgehead atoms. The monoisotopic (exact) mass is 355 g/mol. The first-order chi connectivity index (χ1) is 11.8. The highest BCUT2D eigenvalue weighted by molar-refractivity contribution is 5.98. The quantitative estimate of drug-likeness (QED) is 0.784. The topological polar surface area (TPSA) is 78.5 Å². The maximum absolute atomic E-state index is 13.7. The first kappa shape index (κ1) is 17.2. The highest BCUT2D eigenvalue weighted by Crippen LogP contribution is 2.24. The van der Waals surface area contributed by atoms with E-state index in [1.165, 1.54) is 4.90 Å². The Balaban J connectivity index is 1.73. The third kappa shape index (κ3) is 3.06. The van der Waals surface area contributed by atoms with Crippen molar-refractivity contribution in [3.05, 3.63) is 35.1 Å². The summed E-state index contributed by atoms with van der Waals surface area (Å²) in [6, 6.07) is -1.11. The van der Waals surface area contributed by atoms with Gasteiger partial charge in [0.15, 0.2) is 11.6 Å². The van der Waals surface area contributed by atoms with Crippen molar-refractivity contribution >= 4 is 17.7 Å². The molecule has 2 N–H and O–H groups in total. The second-order valence-electron chi connectivity index (χ2n) is 6.13. The molecule has 0 unspecified atom stereocenters. The second kappa shape index (κ2) is 6.38. The summed E-state index contributed by atoms with van der Waals surface area (Å²) in [5.41, 5.74) is -0.633. The van der Waals surface area contributed by atoms with Crippen molar-refractivity contribution in [1.29, 1.82) is 0 Å². The van der Waals surface area contributed by atoms with Gasteiger partial charge in [-0.1, -0.05) is 6.92 Å². The average molecular weight is 355 g/mol. The van der Waals surface area contributed by atoms with Gasteiger partial charge >= 0.3 is 0 Å². The Hall–Kier alpha value is -2.58. The predicted molar refractivity (Wildman–Crippen MR) is 79.9 cm³/mol. The van der Waals surface area contributed by atoms with E-state index in [0.717, 1.165) is 0 Å². The number of rotatable bonds is 3. The zero-order valence-electron chi connectivity index (χ0n) is 13.3. The van der Waals surface area contributed by atoms with Crippen molar-refractivity contribution in [3.63, 3.8) is 0 Å². The number of fused-ring (bicyclic) bond motifs is 1. The molecule has 2 aliphatic heterocycles. The smallest absolute Gasteiger partial charge is 0.254 e. The molecule has 2 aliphatic rings. The summed E-state index contributed by atoms with van der Waals surface area (Å²) in [6.07, 6.45) is 0.621. The zero-order chi connectivity index (χ0) is 18.3. The summed E-state index contributed by atoms with van der Waals surface area (Å²) in [7, 11) is 0. The van der Waals surface area contributed by atoms with E-state index in [1.54, 1.807) is 6.92 Å². The fourth-order valence-electron chi connectivity index (χ4n) is 3.20. The molecule has 0 spiro atoms. The summed E-state index contributed by atoms with van der Waals surface area (Å²) in [4.78, 5) is 37.8. The van der Waals surface area contributed by atoms with Crippen LogP contribution >= 0.6 is 0 Å². The summed E-state index contributed by atoms with van der Waals surface area (Å²) in [5.74, 6) is -5.38. The lowest BCUT2D eigenvalue weighted by Crippen LogP contribution is -2.60. The number of nitrogens with zero attached hydrogens (tertiary/aromatic N) is 1. The van der Waals surface area contributed by atoms with Gasteiger partial charge in [0.1, 0.15) is 17.9 Å². The summed E-state index contributed by atoms with van der Waals surface area (Å²) >= 11 is 0. The lowest BCUT2D eigenvalue weighted by molar-refractivity contribution is -0.147. The highest BCUT2D eigenvalue weighted by Gasteiger charge is 2.46. The van der Waals surface area contributed by atoms with Gasteiger partial charge in [-0.05, 0) is 18.9 Å². The van der Waals surface area contributed by atoms with Crippen LogP contribution < -0.4 is 10.6 Å². The molecule has 0 saturated carbocycles. The van der Waals surface area contributed by atoms with Crippen LogP contribution in [0.1, 0.15) is 30.1 Å². The zero-order valence-corrected chi connectivity index (χ0v) is 13.3. The standard InChI is InChI=1S/C16H16F3N3O3/c1-2-12-16(25)22-6-7(3-13(22)15(24)21-12)20-14(23)8-4-10(18)11(19)5-9(8)17/h4-5,7,12-13H,2-3,6H2,1H3,(H,20,23)(H,21,24)/t7-,12-,13-/m0/s1. The van der Waals surface area contributed by atoms with Gasteiger partial charge in [-0.15, -0.1) is 0 Å². The number of amides is 3. The SMILES string of the molecule is CC[C@@H]1NC(=O)[C@@H]2C[C@H](NC(=O)c3cc(F)c(F)cc3F)CN2C1=O. The number of piperazine rings is 1. The van der Waals surface area contributed by atoms with Gasteiger partial charge in [-0.2, -0.15) is 0 Å². The van der Waals surface area contributed by atoms with Crippen molar-refractivity contribution in [2.24, 2.45) is 0 Å². The molecule has 25 heavy (non-hydrogen) atoms. The number of carbonyl (C=O) groups excluding carboxylic acids is 3. The van der Waals surface area contributed by atoms with E-state index in [2.05, 4.69) is 10.6 Å². The Kier molecular flexibility index (Phi) is 4.40. The minimum absolute atomic E-state index is 0.102. The van der Waals surface area contributed by atoms with Crippen molar-refractivity contribution in [1.82, 2.24) is 15.5 Å². The first-order valence-electron chi connectivity index (χ1n) is 7.88. The molecule has 2 heterocycles. The van der Waals surface area contributed by atoms with Crippen LogP contribution in [0.2, 0.25) is 0 Å². The predicted octanol–water partition coefficient (Wildman–Crippen LogP) is 0.712. The van der Waals surface area contributed by atoms with E-state index in [0.29, 0.717) is 18.6 Å². The molecule has 9 heteroatoms. The minimum atomic E-state index is -1.39. The van der Waals surface area contributed by atoms with Gasteiger partial charge in [0.2, 0.25) is 11.8 Å². The first-order valence-corrected chi connectivity index (χ1v) is 7.88. The molecule has 134 valence electrons. The van der Waals surface area contributed by atoms with Crippen LogP contribution in [0, 0.1) is 17.5 Å². The second-order valence-corrected chi connectivity index (χ2v) is 6.13. The third-order valence-electron chi connectivity index (χ3n) is 4.50. The third-order valence-corrected chi connectivity index (χ3v) is 4.50. The normalized spacial score (nSPS) is 25.6. The molecule has 1 aromatic carbocycles. The molecule has 3 atom stereocenters. The molecular formula is C16H16F3N3O3. The van der Waals surface area contributed by atoms with Crippen LogP contribution in [-0.2, 0) is 9.59 Å². The van der Waals surface area contributed by atoms with Crippen molar-refractivity contribution in [2.75, 3.05) is 6.54 Å². The molecule has 2 saturated heterocycles. The molecule has 0 aliphatic carbocycles. The van der Waals surface area contributed by atoms with Crippen molar-refractivity contribution in [3.8, 4) is 0 Å². The van der Waals surface area contributed by atoms with Gasteiger partial charge in [0.25, 0.3) is 5.91 Å². The van der Waals surface area contributed by atoms with Crippen molar-refractivity contribution < 1.29 is 27.6 Å². The Labute approximate surface area is 141 Å². The van der Waals surface area contributed by atoms with E-state index in [4.69, 9.17) is 0 Å². The number of benzene rings is 1. The Morgan fingerprint density at radius 1 is 1.24 bits per heavy atom. The van der Waals surface area contributed by atoms with Crippen molar-refractivity contribution in [2.45, 2.75) is 37.9 Å². The van der Waals surface area contributed by atoms with Crippen LogP contribution in [0.3, 0.4) is 0 Å². The van der Waals surface area contributed by atoms with E-state index in [1.807, 2.05) is 0 Å². The maximum Gasteiger partial charge on any atom is 0.254 e. The van der Waals surface area contributed by atoms with Gasteiger partial charge in [0.05, 0.1) is 5.56 Å².